The molecule has 1 atom stereocenters. The van der Waals surface area contributed by atoms with Gasteiger partial charge >= 0.3 is 12.2 Å². The number of alkyl carbamates (subject to hydrolysis) is 2. The second kappa shape index (κ2) is 15.8. The largest absolute Gasteiger partial charge is 0.507 e. The van der Waals surface area contributed by atoms with Crippen LogP contribution >= 0.6 is 0 Å². The van der Waals surface area contributed by atoms with Gasteiger partial charge in [0.25, 0.3) is 0 Å². The van der Waals surface area contributed by atoms with Crippen LogP contribution < -0.4 is 16.0 Å². The molecule has 5 N–H and O–H groups in total. The number of carbonyl (C=O) groups excluding carboxylic acids is 3. The summed E-state index contributed by atoms with van der Waals surface area (Å²) < 4.78 is 10.6. The van der Waals surface area contributed by atoms with Crippen molar-refractivity contribution in [1.29, 1.82) is 0 Å². The number of phenolic OH excluding ortho intramolecular Hbond substituents is 2. The zero-order valence-corrected chi connectivity index (χ0v) is 26.7. The Morgan fingerprint density at radius 1 is 0.841 bits per heavy atom. The fourth-order valence-corrected chi connectivity index (χ4v) is 4.29. The predicted octanol–water partition coefficient (Wildman–Crippen LogP) is 6.75. The third kappa shape index (κ3) is 12.0. The van der Waals surface area contributed by atoms with E-state index in [1.807, 2.05) is 0 Å². The summed E-state index contributed by atoms with van der Waals surface area (Å²) >= 11 is 0. The molecule has 0 radical (unpaired) electrons. The number of unbranched alkanes of at least 4 members (excludes halogenated alkanes) is 1. The third-order valence-corrected chi connectivity index (χ3v) is 6.13. The number of benzene rings is 2. The topological polar surface area (TPSA) is 146 Å². The summed E-state index contributed by atoms with van der Waals surface area (Å²) in [7, 11) is 0. The van der Waals surface area contributed by atoms with Gasteiger partial charge in [0.05, 0.1) is 5.69 Å². The molecular formula is C34H47N3O7. The second-order valence-corrected chi connectivity index (χ2v) is 12.5. The normalized spacial score (nSPS) is 12.0. The van der Waals surface area contributed by atoms with Crippen molar-refractivity contribution in [2.75, 3.05) is 11.9 Å². The minimum absolute atomic E-state index is 0.0365. The van der Waals surface area contributed by atoms with E-state index in [4.69, 9.17) is 9.47 Å². The quantitative estimate of drug-likeness (QED) is 0.0959. The van der Waals surface area contributed by atoms with Crippen LogP contribution in [-0.2, 0) is 27.1 Å². The average molecular weight is 610 g/mol. The number of allylic oxidation sites excluding steroid dienone is 2. The van der Waals surface area contributed by atoms with Gasteiger partial charge in [0, 0.05) is 17.7 Å². The van der Waals surface area contributed by atoms with Gasteiger partial charge in [-0.15, -0.1) is 13.2 Å². The molecular weight excluding hydrogens is 562 g/mol. The van der Waals surface area contributed by atoms with Crippen molar-refractivity contribution >= 4 is 23.8 Å². The lowest BCUT2D eigenvalue weighted by molar-refractivity contribution is -0.118. The molecule has 0 heterocycles. The Bertz CT molecular complexity index is 1340. The van der Waals surface area contributed by atoms with Crippen LogP contribution in [0.25, 0.3) is 11.1 Å². The van der Waals surface area contributed by atoms with Crippen molar-refractivity contribution in [2.24, 2.45) is 0 Å². The van der Waals surface area contributed by atoms with Crippen LogP contribution in [0.2, 0.25) is 0 Å². The summed E-state index contributed by atoms with van der Waals surface area (Å²) in [6.45, 7) is 18.3. The number of rotatable bonds is 13. The third-order valence-electron chi connectivity index (χ3n) is 6.13. The fourth-order valence-electron chi connectivity index (χ4n) is 4.29. The Kier molecular flexibility index (Phi) is 12.9. The van der Waals surface area contributed by atoms with Gasteiger partial charge in [-0.3, -0.25) is 4.79 Å². The number of nitrogens with one attached hydrogen (secondary N) is 3. The molecule has 0 spiro atoms. The molecule has 2 rings (SSSR count). The van der Waals surface area contributed by atoms with Gasteiger partial charge in [-0.1, -0.05) is 18.2 Å². The molecule has 3 amide bonds. The molecule has 0 saturated heterocycles. The van der Waals surface area contributed by atoms with Crippen LogP contribution in [0, 0.1) is 0 Å². The van der Waals surface area contributed by atoms with E-state index in [1.54, 1.807) is 84.0 Å². The number of carbonyl (C=O) groups is 3. The molecule has 0 aliphatic carbocycles. The molecule has 0 unspecified atom stereocenters. The number of anilines is 1. The standard InChI is InChI=1S/C34H47N3O7/c1-9-13-22-16-17-28(38)24(19-22)25-20-23(14-10-2)21-27(29(25)39)36-30(40)26(37-32(42)44-34(6,7)8)15-11-12-18-35-31(41)43-33(3,4)5/h9-10,16-17,19-21,26,38-39H,1-2,11-15,18H2,3-8H3,(H,35,41)(H,36,40)(H,37,42)/t26-/m1/s1. The number of phenols is 2. The Morgan fingerprint density at radius 3 is 2.05 bits per heavy atom. The monoisotopic (exact) mass is 609 g/mol. The second-order valence-electron chi connectivity index (χ2n) is 12.5. The van der Waals surface area contributed by atoms with Crippen LogP contribution in [0.5, 0.6) is 11.5 Å². The van der Waals surface area contributed by atoms with E-state index in [1.165, 1.54) is 0 Å². The highest BCUT2D eigenvalue weighted by Crippen LogP contribution is 2.41. The van der Waals surface area contributed by atoms with Crippen molar-refractivity contribution in [3.8, 4) is 22.6 Å². The smallest absolute Gasteiger partial charge is 0.408 e. The van der Waals surface area contributed by atoms with Gasteiger partial charge in [-0.2, -0.15) is 0 Å². The molecule has 10 heteroatoms. The zero-order chi connectivity index (χ0) is 33.1. The number of ether oxygens (including phenoxy) is 2. The summed E-state index contributed by atoms with van der Waals surface area (Å²) in [5.41, 5.74) is 1.05. The summed E-state index contributed by atoms with van der Waals surface area (Å²) in [4.78, 5) is 38.1. The molecule has 0 fully saturated rings. The highest BCUT2D eigenvalue weighted by Gasteiger charge is 2.26. The first-order valence-corrected chi connectivity index (χ1v) is 14.7. The Hall–Kier alpha value is -4.47. The molecule has 2 aromatic carbocycles. The van der Waals surface area contributed by atoms with Gasteiger partial charge in [0.15, 0.2) is 0 Å². The van der Waals surface area contributed by atoms with E-state index in [-0.39, 0.29) is 23.6 Å². The fraction of sp³-hybridized carbons (Fsp3) is 0.441. The number of aromatic hydroxyl groups is 2. The molecule has 10 nitrogen and oxygen atoms in total. The number of hydrogen-bond donors (Lipinski definition) is 5. The van der Waals surface area contributed by atoms with Gasteiger partial charge in [-0.05, 0) is 109 Å². The molecule has 0 bridgehead atoms. The van der Waals surface area contributed by atoms with Crippen molar-refractivity contribution in [3.63, 3.8) is 0 Å². The number of hydrogen-bond acceptors (Lipinski definition) is 7. The molecule has 0 aliphatic rings. The maximum absolute atomic E-state index is 13.6. The average Bonchev–Trinajstić information content (AvgIpc) is 2.89. The maximum atomic E-state index is 13.6. The lowest BCUT2D eigenvalue weighted by atomic mass is 9.96. The first-order valence-electron chi connectivity index (χ1n) is 14.7. The van der Waals surface area contributed by atoms with Gasteiger partial charge in [0.1, 0.15) is 28.7 Å². The highest BCUT2D eigenvalue weighted by molar-refractivity contribution is 5.99. The van der Waals surface area contributed by atoms with Gasteiger partial charge in [0.2, 0.25) is 5.91 Å². The summed E-state index contributed by atoms with van der Waals surface area (Å²) in [6, 6.07) is 7.41. The highest BCUT2D eigenvalue weighted by atomic mass is 16.6. The van der Waals surface area contributed by atoms with Crippen LogP contribution in [0.1, 0.15) is 71.9 Å². The van der Waals surface area contributed by atoms with Crippen LogP contribution in [-0.4, -0.2) is 52.1 Å². The van der Waals surface area contributed by atoms with E-state index < -0.39 is 35.3 Å². The van der Waals surface area contributed by atoms with E-state index in [0.717, 1.165) is 11.1 Å². The first kappa shape index (κ1) is 35.7. The van der Waals surface area contributed by atoms with Crippen LogP contribution in [0.3, 0.4) is 0 Å². The molecule has 44 heavy (non-hydrogen) atoms. The van der Waals surface area contributed by atoms with Crippen LogP contribution in [0.4, 0.5) is 15.3 Å². The SMILES string of the molecule is C=CCc1ccc(O)c(-c2cc(CC=C)cc(NC(=O)[C@@H](CCCCNC(=O)OC(C)(C)C)NC(=O)OC(C)(C)C)c2O)c1. The summed E-state index contributed by atoms with van der Waals surface area (Å²) in [5.74, 6) is -0.849. The minimum Gasteiger partial charge on any atom is -0.507 e. The first-order chi connectivity index (χ1) is 20.5. The number of amides is 3. The molecule has 0 aromatic heterocycles. The van der Waals surface area contributed by atoms with E-state index >= 15 is 0 Å². The summed E-state index contributed by atoms with van der Waals surface area (Å²) in [5, 5.41) is 30.0. The van der Waals surface area contributed by atoms with Gasteiger partial charge in [-0.25, -0.2) is 9.59 Å². The Morgan fingerprint density at radius 2 is 1.43 bits per heavy atom. The molecule has 0 aliphatic heterocycles. The molecule has 0 saturated carbocycles. The van der Waals surface area contributed by atoms with Crippen molar-refractivity contribution < 1.29 is 34.1 Å². The minimum atomic E-state index is -1.01. The van der Waals surface area contributed by atoms with Gasteiger partial charge < -0.3 is 35.6 Å². The van der Waals surface area contributed by atoms with E-state index in [2.05, 4.69) is 29.1 Å². The van der Waals surface area contributed by atoms with Crippen molar-refractivity contribution in [1.82, 2.24) is 10.6 Å². The Labute approximate surface area is 260 Å². The lowest BCUT2D eigenvalue weighted by Gasteiger charge is -2.24. The molecule has 2 aromatic rings. The maximum Gasteiger partial charge on any atom is 0.408 e. The Balaban J connectivity index is 2.31. The lowest BCUT2D eigenvalue weighted by Crippen LogP contribution is -2.45. The van der Waals surface area contributed by atoms with E-state index in [0.29, 0.717) is 43.4 Å². The van der Waals surface area contributed by atoms with Crippen LogP contribution in [0.15, 0.2) is 55.6 Å². The van der Waals surface area contributed by atoms with Crippen molar-refractivity contribution in [3.05, 3.63) is 66.8 Å². The van der Waals surface area contributed by atoms with Crippen molar-refractivity contribution in [2.45, 2.75) is 90.9 Å². The zero-order valence-electron chi connectivity index (χ0n) is 26.7. The van der Waals surface area contributed by atoms with E-state index in [9.17, 15) is 24.6 Å². The summed E-state index contributed by atoms with van der Waals surface area (Å²) in [6.07, 6.45) is 4.35. The molecule has 240 valence electrons. The predicted molar refractivity (Wildman–Crippen MR) is 173 cm³/mol.